The molecule has 2 bridgehead atoms. The second-order valence-electron chi connectivity index (χ2n) is 6.18. The molecule has 114 valence electrons. The Morgan fingerprint density at radius 3 is 2.45 bits per heavy atom. The highest BCUT2D eigenvalue weighted by Gasteiger charge is 2.61. The number of nitrogens with one attached hydrogen (secondary N) is 1. The van der Waals surface area contributed by atoms with Crippen molar-refractivity contribution in [3.8, 4) is 0 Å². The summed E-state index contributed by atoms with van der Waals surface area (Å²) in [6.07, 6.45) is 7.82. The Morgan fingerprint density at radius 2 is 1.95 bits per heavy atom. The van der Waals surface area contributed by atoms with Gasteiger partial charge in [0.25, 0.3) is 0 Å². The Hall–Kier alpha value is -2.44. The first-order valence-corrected chi connectivity index (χ1v) is 7.33. The van der Waals surface area contributed by atoms with Gasteiger partial charge in [0.05, 0.1) is 18.2 Å². The highest BCUT2D eigenvalue weighted by atomic mass is 16.4. The number of H-pyrrole nitrogens is 1. The molecule has 5 atom stereocenters. The van der Waals surface area contributed by atoms with E-state index in [0.717, 1.165) is 11.3 Å². The van der Waals surface area contributed by atoms with E-state index in [2.05, 4.69) is 9.97 Å². The van der Waals surface area contributed by atoms with Gasteiger partial charge in [-0.15, -0.1) is 0 Å². The van der Waals surface area contributed by atoms with Gasteiger partial charge < -0.3 is 10.1 Å². The van der Waals surface area contributed by atoms with Crippen LogP contribution in [0.25, 0.3) is 0 Å². The molecule has 0 aromatic carbocycles. The minimum absolute atomic E-state index is 0.0506. The van der Waals surface area contributed by atoms with Crippen LogP contribution in [-0.2, 0) is 20.8 Å². The molecule has 1 aromatic rings. The van der Waals surface area contributed by atoms with Gasteiger partial charge in [-0.25, -0.2) is 9.78 Å². The summed E-state index contributed by atoms with van der Waals surface area (Å²) in [6, 6.07) is -1.18. The van der Waals surface area contributed by atoms with Crippen molar-refractivity contribution >= 4 is 17.8 Å². The number of aliphatic carboxylic acids is 1. The highest BCUT2D eigenvalue weighted by molar-refractivity contribution is 6.08. The Labute approximate surface area is 126 Å². The fraction of sp³-hybridized carbons (Fsp3) is 0.467. The second kappa shape index (κ2) is 4.53. The monoisotopic (exact) mass is 301 g/mol. The number of allylic oxidation sites excluding steroid dienone is 2. The Kier molecular flexibility index (Phi) is 2.72. The van der Waals surface area contributed by atoms with E-state index in [1.165, 1.54) is 12.5 Å². The van der Waals surface area contributed by atoms with E-state index in [9.17, 15) is 19.5 Å². The van der Waals surface area contributed by atoms with Crippen molar-refractivity contribution in [3.05, 3.63) is 30.4 Å². The molecule has 2 N–H and O–H groups in total. The molecule has 1 aromatic heterocycles. The summed E-state index contributed by atoms with van der Waals surface area (Å²) >= 11 is 0. The van der Waals surface area contributed by atoms with Crippen molar-refractivity contribution in [1.29, 1.82) is 0 Å². The molecule has 1 saturated heterocycles. The predicted octanol–water partition coefficient (Wildman–Crippen LogP) is 0.212. The van der Waals surface area contributed by atoms with Gasteiger partial charge in [0.1, 0.15) is 6.04 Å². The first kappa shape index (κ1) is 13.2. The van der Waals surface area contributed by atoms with Crippen LogP contribution in [0.3, 0.4) is 0 Å². The van der Waals surface area contributed by atoms with Gasteiger partial charge in [0.2, 0.25) is 11.8 Å². The molecule has 22 heavy (non-hydrogen) atoms. The lowest BCUT2D eigenvalue weighted by atomic mass is 9.85. The standard InChI is InChI=1S/C15H15N3O4/c19-13-11-7-1-2-8(3-7)12(11)14(20)18(13)10(15(21)22)4-9-5-16-6-17-9/h1-2,5-8,10-12H,3-4H2,(H,16,17)(H,21,22)/t7-,8-,10+,11-,12+/m0/s1. The normalized spacial score (nSPS) is 33.5. The minimum atomic E-state index is -1.18. The lowest BCUT2D eigenvalue weighted by Gasteiger charge is -2.24. The molecule has 7 heteroatoms. The number of rotatable bonds is 4. The number of likely N-dealkylation sites (tertiary alicyclic amines) is 1. The van der Waals surface area contributed by atoms with Crippen LogP contribution < -0.4 is 0 Å². The number of aromatic amines is 1. The third-order valence-corrected chi connectivity index (χ3v) is 5.07. The van der Waals surface area contributed by atoms with E-state index < -0.39 is 12.0 Å². The van der Waals surface area contributed by atoms with Crippen molar-refractivity contribution in [3.63, 3.8) is 0 Å². The van der Waals surface area contributed by atoms with Crippen LogP contribution in [0.1, 0.15) is 12.1 Å². The second-order valence-corrected chi connectivity index (χ2v) is 6.18. The Bertz CT molecular complexity index is 651. The number of carbonyl (C=O) groups excluding carboxylic acids is 2. The summed E-state index contributed by atoms with van der Waals surface area (Å²) in [7, 11) is 0. The highest BCUT2D eigenvalue weighted by Crippen LogP contribution is 2.52. The number of imide groups is 1. The summed E-state index contributed by atoms with van der Waals surface area (Å²) in [5.74, 6) is -2.41. The number of hydrogen-bond donors (Lipinski definition) is 2. The van der Waals surface area contributed by atoms with Crippen LogP contribution in [0, 0.1) is 23.7 Å². The van der Waals surface area contributed by atoms with Gasteiger partial charge in [0.15, 0.2) is 0 Å². The number of nitrogens with zero attached hydrogens (tertiary/aromatic N) is 2. The molecule has 4 rings (SSSR count). The third kappa shape index (κ3) is 1.68. The van der Waals surface area contributed by atoms with E-state index >= 15 is 0 Å². The van der Waals surface area contributed by atoms with E-state index in [1.807, 2.05) is 12.2 Å². The van der Waals surface area contributed by atoms with E-state index in [4.69, 9.17) is 0 Å². The number of hydrogen-bond acceptors (Lipinski definition) is 4. The maximum atomic E-state index is 12.6. The number of carbonyl (C=O) groups is 3. The fourth-order valence-electron chi connectivity index (χ4n) is 4.13. The summed E-state index contributed by atoms with van der Waals surface area (Å²) in [5, 5.41) is 9.48. The molecule has 0 radical (unpaired) electrons. The Morgan fingerprint density at radius 1 is 1.32 bits per heavy atom. The largest absolute Gasteiger partial charge is 0.480 e. The van der Waals surface area contributed by atoms with Crippen molar-refractivity contribution in [2.24, 2.45) is 23.7 Å². The number of imidazole rings is 1. The molecule has 2 amide bonds. The molecule has 0 spiro atoms. The first-order valence-electron chi connectivity index (χ1n) is 7.33. The van der Waals surface area contributed by atoms with Gasteiger partial charge in [0, 0.05) is 18.3 Å². The topological polar surface area (TPSA) is 103 Å². The third-order valence-electron chi connectivity index (χ3n) is 5.07. The van der Waals surface area contributed by atoms with Crippen molar-refractivity contribution in [2.75, 3.05) is 0 Å². The molecule has 2 aliphatic carbocycles. The van der Waals surface area contributed by atoms with E-state index in [1.54, 1.807) is 0 Å². The van der Waals surface area contributed by atoms with Gasteiger partial charge >= 0.3 is 5.97 Å². The smallest absolute Gasteiger partial charge is 0.327 e. The first-order chi connectivity index (χ1) is 10.6. The zero-order valence-corrected chi connectivity index (χ0v) is 11.7. The molecular formula is C15H15N3O4. The molecule has 0 unspecified atom stereocenters. The molecule has 1 aliphatic heterocycles. The van der Waals surface area contributed by atoms with Gasteiger partial charge in [-0.2, -0.15) is 0 Å². The lowest BCUT2D eigenvalue weighted by molar-refractivity contribution is -0.155. The molecule has 2 heterocycles. The number of carboxylic acid groups (broad SMARTS) is 1. The summed E-state index contributed by atoms with van der Waals surface area (Å²) < 4.78 is 0. The van der Waals surface area contributed by atoms with Crippen molar-refractivity contribution < 1.29 is 19.5 Å². The predicted molar refractivity (Wildman–Crippen MR) is 73.3 cm³/mol. The van der Waals surface area contributed by atoms with Crippen LogP contribution in [0.2, 0.25) is 0 Å². The number of aromatic nitrogens is 2. The zero-order valence-electron chi connectivity index (χ0n) is 11.7. The lowest BCUT2D eigenvalue weighted by Crippen LogP contribution is -2.47. The van der Waals surface area contributed by atoms with Crippen LogP contribution in [0.15, 0.2) is 24.7 Å². The molecule has 3 aliphatic rings. The van der Waals surface area contributed by atoms with Crippen molar-refractivity contribution in [2.45, 2.75) is 18.9 Å². The quantitative estimate of drug-likeness (QED) is 0.611. The fourth-order valence-corrected chi connectivity index (χ4v) is 4.13. The van der Waals surface area contributed by atoms with Crippen LogP contribution >= 0.6 is 0 Å². The number of carboxylic acids is 1. The van der Waals surface area contributed by atoms with Gasteiger partial charge in [-0.1, -0.05) is 12.2 Å². The minimum Gasteiger partial charge on any atom is -0.480 e. The Balaban J connectivity index is 1.65. The van der Waals surface area contributed by atoms with Crippen molar-refractivity contribution in [1.82, 2.24) is 14.9 Å². The molecule has 7 nitrogen and oxygen atoms in total. The van der Waals surface area contributed by atoms with Crippen LogP contribution in [0.5, 0.6) is 0 Å². The number of amides is 2. The number of fused-ring (bicyclic) bond motifs is 5. The van der Waals surface area contributed by atoms with E-state index in [0.29, 0.717) is 5.69 Å². The summed E-state index contributed by atoms with van der Waals surface area (Å²) in [6.45, 7) is 0. The van der Waals surface area contributed by atoms with Gasteiger partial charge in [-0.05, 0) is 18.3 Å². The van der Waals surface area contributed by atoms with Gasteiger partial charge in [-0.3, -0.25) is 14.5 Å². The van der Waals surface area contributed by atoms with E-state index in [-0.39, 0.29) is 41.9 Å². The zero-order chi connectivity index (χ0) is 15.4. The summed E-state index contributed by atoms with van der Waals surface area (Å²) in [4.78, 5) is 44.5. The molecule has 1 saturated carbocycles. The average molecular weight is 301 g/mol. The van der Waals surface area contributed by atoms with Crippen LogP contribution in [-0.4, -0.2) is 43.8 Å². The maximum Gasteiger partial charge on any atom is 0.327 e. The summed E-state index contributed by atoms with van der Waals surface area (Å²) in [5.41, 5.74) is 0.589. The van der Waals surface area contributed by atoms with Crippen LogP contribution in [0.4, 0.5) is 0 Å². The SMILES string of the molecule is O=C(O)[C@@H](Cc1cnc[nH]1)N1C(=O)[C@@H]2[C@H](C1=O)[C@H]1C=C[C@H]2C1. The maximum absolute atomic E-state index is 12.6. The molecular weight excluding hydrogens is 286 g/mol. The average Bonchev–Trinajstić information content (AvgIpc) is 3.23. The molecule has 2 fully saturated rings.